The van der Waals surface area contributed by atoms with Crippen LogP contribution < -0.4 is 10.6 Å². The van der Waals surface area contributed by atoms with Crippen LogP contribution in [-0.2, 0) is 18.9 Å². The molecule has 0 saturated carbocycles. The lowest BCUT2D eigenvalue weighted by Gasteiger charge is -2.13. The Balaban J connectivity index is 2.21. The van der Waals surface area contributed by atoms with Crippen molar-refractivity contribution in [1.29, 1.82) is 0 Å². The van der Waals surface area contributed by atoms with Gasteiger partial charge in [-0.15, -0.1) is 0 Å². The molecule has 0 aliphatic rings. The Morgan fingerprint density at radius 2 is 1.62 bits per heavy atom. The maximum Gasteiger partial charge on any atom is 0.276 e. The molecule has 24 heavy (non-hydrogen) atoms. The highest BCUT2D eigenvalue weighted by molar-refractivity contribution is 6.09. The van der Waals surface area contributed by atoms with Gasteiger partial charge >= 0.3 is 0 Å². The molecule has 0 fully saturated rings. The molecule has 0 aromatic carbocycles. The Kier molecular flexibility index (Phi) is 5.38. The lowest BCUT2D eigenvalue weighted by Crippen LogP contribution is -2.24. The molecule has 2 N–H and O–H groups in total. The minimum Gasteiger partial charge on any atom is -0.323 e. The highest BCUT2D eigenvalue weighted by Gasteiger charge is 2.22. The molecule has 2 amide bonds. The molecule has 130 valence electrons. The lowest BCUT2D eigenvalue weighted by atomic mass is 10.0. The first kappa shape index (κ1) is 17.7. The fraction of sp³-hybridized carbons (Fsp3) is 0.500. The van der Waals surface area contributed by atoms with Crippen molar-refractivity contribution in [3.05, 3.63) is 23.8 Å². The molecule has 8 nitrogen and oxygen atoms in total. The Morgan fingerprint density at radius 3 is 2.17 bits per heavy atom. The summed E-state index contributed by atoms with van der Waals surface area (Å²) in [6.07, 6.45) is 4.58. The average Bonchev–Trinajstić information content (AvgIpc) is 3.05. The van der Waals surface area contributed by atoms with Crippen LogP contribution in [0.2, 0.25) is 0 Å². The van der Waals surface area contributed by atoms with Gasteiger partial charge in [-0.05, 0) is 19.8 Å². The lowest BCUT2D eigenvalue weighted by molar-refractivity contribution is -0.120. The second-order valence-corrected chi connectivity index (χ2v) is 5.75. The predicted octanol–water partition coefficient (Wildman–Crippen LogP) is 2.09. The van der Waals surface area contributed by atoms with E-state index in [1.54, 1.807) is 25.0 Å². The van der Waals surface area contributed by atoms with Crippen LogP contribution in [-0.4, -0.2) is 31.4 Å². The zero-order valence-electron chi connectivity index (χ0n) is 14.8. The smallest absolute Gasteiger partial charge is 0.276 e. The molecule has 8 heteroatoms. The highest BCUT2D eigenvalue weighted by atomic mass is 16.2. The number of carbonyl (C=O) groups excluding carboxylic acids is 2. The normalized spacial score (nSPS) is 10.9. The number of rotatable bonds is 6. The summed E-state index contributed by atoms with van der Waals surface area (Å²) < 4.78 is 3.12. The SMILES string of the molecule is CCC(CC)C(=O)Nc1cnn(C)c1C(=O)Nc1cnn(C)c1C. The van der Waals surface area contributed by atoms with E-state index in [1.165, 1.54) is 10.9 Å². The van der Waals surface area contributed by atoms with Crippen LogP contribution in [0.4, 0.5) is 11.4 Å². The van der Waals surface area contributed by atoms with Gasteiger partial charge in [0.25, 0.3) is 5.91 Å². The maximum atomic E-state index is 12.6. The Morgan fingerprint density at radius 1 is 1.04 bits per heavy atom. The van der Waals surface area contributed by atoms with E-state index in [1.807, 2.05) is 20.8 Å². The number of hydrogen-bond donors (Lipinski definition) is 2. The van der Waals surface area contributed by atoms with E-state index in [4.69, 9.17) is 0 Å². The second-order valence-electron chi connectivity index (χ2n) is 5.75. The molecular formula is C16H24N6O2. The Labute approximate surface area is 141 Å². The van der Waals surface area contributed by atoms with Gasteiger partial charge in [-0.2, -0.15) is 10.2 Å². The molecule has 0 unspecified atom stereocenters. The highest BCUT2D eigenvalue weighted by Crippen LogP contribution is 2.20. The van der Waals surface area contributed by atoms with Crippen molar-refractivity contribution in [2.45, 2.75) is 33.6 Å². The second kappa shape index (κ2) is 7.29. The Hall–Kier alpha value is -2.64. The molecule has 0 saturated heterocycles. The zero-order chi connectivity index (χ0) is 17.9. The van der Waals surface area contributed by atoms with Crippen molar-refractivity contribution in [3.63, 3.8) is 0 Å². The molecule has 0 radical (unpaired) electrons. The van der Waals surface area contributed by atoms with Gasteiger partial charge in [0, 0.05) is 20.0 Å². The van der Waals surface area contributed by atoms with Crippen LogP contribution in [0.5, 0.6) is 0 Å². The van der Waals surface area contributed by atoms with Gasteiger partial charge in [0.15, 0.2) is 0 Å². The summed E-state index contributed by atoms with van der Waals surface area (Å²) in [5.74, 6) is -0.521. The molecule has 0 bridgehead atoms. The van der Waals surface area contributed by atoms with Gasteiger partial charge < -0.3 is 10.6 Å². The van der Waals surface area contributed by atoms with Crippen LogP contribution in [0.15, 0.2) is 12.4 Å². The van der Waals surface area contributed by atoms with Gasteiger partial charge in [-0.3, -0.25) is 19.0 Å². The van der Waals surface area contributed by atoms with Crippen molar-refractivity contribution in [2.24, 2.45) is 20.0 Å². The van der Waals surface area contributed by atoms with Crippen molar-refractivity contribution in [2.75, 3.05) is 10.6 Å². The van der Waals surface area contributed by atoms with E-state index >= 15 is 0 Å². The molecule has 0 spiro atoms. The summed E-state index contributed by atoms with van der Waals surface area (Å²) in [4.78, 5) is 24.9. The number of aryl methyl sites for hydroxylation is 2. The number of aromatic nitrogens is 4. The zero-order valence-corrected chi connectivity index (χ0v) is 14.8. The number of hydrogen-bond acceptors (Lipinski definition) is 4. The topological polar surface area (TPSA) is 93.8 Å². The minimum absolute atomic E-state index is 0.0818. The monoisotopic (exact) mass is 332 g/mol. The van der Waals surface area contributed by atoms with E-state index in [9.17, 15) is 9.59 Å². The maximum absolute atomic E-state index is 12.6. The van der Waals surface area contributed by atoms with E-state index in [-0.39, 0.29) is 17.7 Å². The minimum atomic E-state index is -0.342. The molecule has 0 atom stereocenters. The molecule has 0 aliphatic carbocycles. The largest absolute Gasteiger partial charge is 0.323 e. The number of nitrogens with zero attached hydrogens (tertiary/aromatic N) is 4. The first-order valence-electron chi connectivity index (χ1n) is 8.01. The van der Waals surface area contributed by atoms with Crippen molar-refractivity contribution < 1.29 is 9.59 Å². The van der Waals surface area contributed by atoms with Gasteiger partial charge in [-0.25, -0.2) is 0 Å². The van der Waals surface area contributed by atoms with E-state index in [0.717, 1.165) is 18.5 Å². The van der Waals surface area contributed by atoms with Crippen LogP contribution in [0, 0.1) is 12.8 Å². The third-order valence-corrected chi connectivity index (χ3v) is 4.25. The van der Waals surface area contributed by atoms with Gasteiger partial charge in [0.05, 0.1) is 29.5 Å². The summed E-state index contributed by atoms with van der Waals surface area (Å²) in [7, 11) is 3.47. The first-order chi connectivity index (χ1) is 11.4. The van der Waals surface area contributed by atoms with E-state index in [0.29, 0.717) is 17.1 Å². The summed E-state index contributed by atoms with van der Waals surface area (Å²) in [6.45, 7) is 5.80. The quantitative estimate of drug-likeness (QED) is 0.847. The number of amides is 2. The number of carbonyl (C=O) groups is 2. The molecule has 2 aromatic rings. The third-order valence-electron chi connectivity index (χ3n) is 4.25. The fourth-order valence-corrected chi connectivity index (χ4v) is 2.50. The van der Waals surface area contributed by atoms with Crippen molar-refractivity contribution in [3.8, 4) is 0 Å². The van der Waals surface area contributed by atoms with Crippen LogP contribution in [0.3, 0.4) is 0 Å². The number of nitrogens with one attached hydrogen (secondary N) is 2. The van der Waals surface area contributed by atoms with Crippen LogP contribution in [0.25, 0.3) is 0 Å². The van der Waals surface area contributed by atoms with E-state index in [2.05, 4.69) is 20.8 Å². The first-order valence-corrected chi connectivity index (χ1v) is 8.01. The average molecular weight is 332 g/mol. The summed E-state index contributed by atoms with van der Waals surface area (Å²) in [5, 5.41) is 13.8. The van der Waals surface area contributed by atoms with Gasteiger partial charge in [0.1, 0.15) is 5.69 Å². The molecular weight excluding hydrogens is 308 g/mol. The van der Waals surface area contributed by atoms with Crippen LogP contribution >= 0.6 is 0 Å². The van der Waals surface area contributed by atoms with Gasteiger partial charge in [0.2, 0.25) is 5.91 Å². The summed E-state index contributed by atoms with van der Waals surface area (Å²) >= 11 is 0. The Bertz CT molecular complexity index is 742. The standard InChI is InChI=1S/C16H24N6O2/c1-6-11(7-2)15(23)20-13-9-18-22(5)14(13)16(24)19-12-8-17-21(4)10(12)3/h8-9,11H,6-7H2,1-5H3,(H,19,24)(H,20,23). The van der Waals surface area contributed by atoms with Gasteiger partial charge in [-0.1, -0.05) is 13.8 Å². The molecule has 2 aromatic heterocycles. The van der Waals surface area contributed by atoms with Crippen LogP contribution in [0.1, 0.15) is 42.9 Å². The molecule has 2 heterocycles. The predicted molar refractivity (Wildman–Crippen MR) is 91.8 cm³/mol. The third kappa shape index (κ3) is 3.47. The van der Waals surface area contributed by atoms with Crippen molar-refractivity contribution in [1.82, 2.24) is 19.6 Å². The summed E-state index contributed by atoms with van der Waals surface area (Å²) in [5.41, 5.74) is 2.18. The van der Waals surface area contributed by atoms with Crippen molar-refractivity contribution >= 4 is 23.2 Å². The molecule has 2 rings (SSSR count). The summed E-state index contributed by atoms with van der Waals surface area (Å²) in [6, 6.07) is 0. The van der Waals surface area contributed by atoms with E-state index < -0.39 is 0 Å². The molecule has 0 aliphatic heterocycles. The number of anilines is 2. The fourth-order valence-electron chi connectivity index (χ4n) is 2.50.